The normalized spacial score (nSPS) is 23.4. The van der Waals surface area contributed by atoms with Gasteiger partial charge in [0.05, 0.1) is 0 Å². The molecule has 0 aromatic rings. The van der Waals surface area contributed by atoms with Crippen molar-refractivity contribution in [1.29, 1.82) is 0 Å². The lowest BCUT2D eigenvalue weighted by atomic mass is 9.99. The van der Waals surface area contributed by atoms with E-state index in [1.165, 1.54) is 32.5 Å². The fourth-order valence-corrected chi connectivity index (χ4v) is 1.96. The van der Waals surface area contributed by atoms with Crippen molar-refractivity contribution >= 4 is 0 Å². The first kappa shape index (κ1) is 10.7. The second-order valence-electron chi connectivity index (χ2n) is 3.85. The molecule has 0 radical (unpaired) electrons. The number of rotatable bonds is 5. The Bertz CT molecular complexity index is 139. The molecule has 1 unspecified atom stereocenters. The molecule has 0 bridgehead atoms. The smallest absolute Gasteiger partial charge is 0.0160 e. The summed E-state index contributed by atoms with van der Waals surface area (Å²) in [7, 11) is 0. The third-order valence-corrected chi connectivity index (χ3v) is 2.75. The Labute approximate surface area is 82.0 Å². The molecule has 0 aliphatic carbocycles. The molecule has 1 fully saturated rings. The van der Waals surface area contributed by atoms with Crippen molar-refractivity contribution in [3.63, 3.8) is 0 Å². The van der Waals surface area contributed by atoms with Gasteiger partial charge in [0.15, 0.2) is 0 Å². The summed E-state index contributed by atoms with van der Waals surface area (Å²) in [6.07, 6.45) is 4.73. The van der Waals surface area contributed by atoms with Crippen molar-refractivity contribution in [2.75, 3.05) is 32.7 Å². The molecule has 0 aromatic carbocycles. The molecule has 2 heteroatoms. The first-order valence-corrected chi connectivity index (χ1v) is 5.40. The van der Waals surface area contributed by atoms with Crippen LogP contribution >= 0.6 is 0 Å². The largest absolute Gasteiger partial charge is 0.316 e. The Morgan fingerprint density at radius 2 is 2.46 bits per heavy atom. The minimum absolute atomic E-state index is 0.855. The van der Waals surface area contributed by atoms with Crippen LogP contribution in [0.1, 0.15) is 19.8 Å². The maximum absolute atomic E-state index is 3.78. The number of hydrogen-bond acceptors (Lipinski definition) is 2. The van der Waals surface area contributed by atoms with E-state index in [-0.39, 0.29) is 0 Å². The molecule has 0 aromatic heterocycles. The van der Waals surface area contributed by atoms with Gasteiger partial charge >= 0.3 is 0 Å². The van der Waals surface area contributed by atoms with Gasteiger partial charge in [-0.05, 0) is 38.4 Å². The minimum Gasteiger partial charge on any atom is -0.316 e. The molecular formula is C11H22N2. The Morgan fingerprint density at radius 1 is 1.62 bits per heavy atom. The molecule has 1 saturated heterocycles. The zero-order chi connectivity index (χ0) is 9.52. The lowest BCUT2D eigenvalue weighted by molar-refractivity contribution is 0.233. The summed E-state index contributed by atoms with van der Waals surface area (Å²) in [5, 5.41) is 3.45. The lowest BCUT2D eigenvalue weighted by Crippen LogP contribution is -2.38. The second-order valence-corrected chi connectivity index (χ2v) is 3.85. The van der Waals surface area contributed by atoms with Gasteiger partial charge < -0.3 is 5.32 Å². The predicted octanol–water partition coefficient (Wildman–Crippen LogP) is 1.49. The average Bonchev–Trinajstić information content (AvgIpc) is 2.19. The van der Waals surface area contributed by atoms with Crippen molar-refractivity contribution in [1.82, 2.24) is 10.2 Å². The van der Waals surface area contributed by atoms with E-state index in [1.54, 1.807) is 0 Å². The van der Waals surface area contributed by atoms with E-state index in [0.717, 1.165) is 19.0 Å². The van der Waals surface area contributed by atoms with Crippen molar-refractivity contribution < 1.29 is 0 Å². The monoisotopic (exact) mass is 182 g/mol. The summed E-state index contributed by atoms with van der Waals surface area (Å²) < 4.78 is 0. The van der Waals surface area contributed by atoms with E-state index in [9.17, 15) is 0 Å². The zero-order valence-corrected chi connectivity index (χ0v) is 8.76. The van der Waals surface area contributed by atoms with Crippen LogP contribution in [0, 0.1) is 5.92 Å². The summed E-state index contributed by atoms with van der Waals surface area (Å²) in [5.74, 6) is 0.855. The average molecular weight is 182 g/mol. The van der Waals surface area contributed by atoms with Crippen molar-refractivity contribution in [2.45, 2.75) is 19.8 Å². The molecule has 76 valence electrons. The first-order chi connectivity index (χ1) is 6.36. The SMILES string of the molecule is C=CCN(CC)CC1CCCNC1. The zero-order valence-electron chi connectivity index (χ0n) is 8.76. The van der Waals surface area contributed by atoms with E-state index in [0.29, 0.717) is 0 Å². The van der Waals surface area contributed by atoms with Crippen LogP contribution in [0.5, 0.6) is 0 Å². The molecule has 0 amide bonds. The standard InChI is InChI=1S/C11H22N2/c1-3-8-13(4-2)10-11-6-5-7-12-9-11/h3,11-12H,1,4-10H2,2H3. The molecule has 1 aliphatic rings. The van der Waals surface area contributed by atoms with E-state index in [2.05, 4.69) is 23.7 Å². The molecule has 1 heterocycles. The van der Waals surface area contributed by atoms with Crippen molar-refractivity contribution in [3.05, 3.63) is 12.7 Å². The number of hydrogen-bond donors (Lipinski definition) is 1. The Balaban J connectivity index is 2.22. The van der Waals surface area contributed by atoms with Crippen LogP contribution < -0.4 is 5.32 Å². The number of nitrogens with one attached hydrogen (secondary N) is 1. The van der Waals surface area contributed by atoms with Crippen LogP contribution in [0.15, 0.2) is 12.7 Å². The second kappa shape index (κ2) is 6.17. The van der Waals surface area contributed by atoms with Crippen LogP contribution in [0.4, 0.5) is 0 Å². The van der Waals surface area contributed by atoms with E-state index >= 15 is 0 Å². The van der Waals surface area contributed by atoms with Gasteiger partial charge in [0.2, 0.25) is 0 Å². The molecule has 13 heavy (non-hydrogen) atoms. The summed E-state index contributed by atoms with van der Waals surface area (Å²) in [6, 6.07) is 0. The lowest BCUT2D eigenvalue weighted by Gasteiger charge is -2.28. The summed E-state index contributed by atoms with van der Waals surface area (Å²) in [5.41, 5.74) is 0. The number of likely N-dealkylation sites (N-methyl/N-ethyl adjacent to an activating group) is 1. The molecule has 0 spiro atoms. The fraction of sp³-hybridized carbons (Fsp3) is 0.818. The molecular weight excluding hydrogens is 160 g/mol. The molecule has 2 nitrogen and oxygen atoms in total. The number of piperidine rings is 1. The van der Waals surface area contributed by atoms with Gasteiger partial charge in [-0.3, -0.25) is 4.90 Å². The Hall–Kier alpha value is -0.340. The van der Waals surface area contributed by atoms with Gasteiger partial charge in [-0.2, -0.15) is 0 Å². The first-order valence-electron chi connectivity index (χ1n) is 5.40. The highest BCUT2D eigenvalue weighted by Gasteiger charge is 2.14. The van der Waals surface area contributed by atoms with Gasteiger partial charge in [0, 0.05) is 13.1 Å². The maximum Gasteiger partial charge on any atom is 0.0160 e. The summed E-state index contributed by atoms with van der Waals surface area (Å²) >= 11 is 0. The highest BCUT2D eigenvalue weighted by molar-refractivity contribution is 4.77. The quantitative estimate of drug-likeness (QED) is 0.648. The van der Waals surface area contributed by atoms with Gasteiger partial charge in [0.25, 0.3) is 0 Å². The fourth-order valence-electron chi connectivity index (χ4n) is 1.96. The third-order valence-electron chi connectivity index (χ3n) is 2.75. The molecule has 1 atom stereocenters. The van der Waals surface area contributed by atoms with Gasteiger partial charge in [-0.1, -0.05) is 13.0 Å². The van der Waals surface area contributed by atoms with Gasteiger partial charge in [-0.15, -0.1) is 6.58 Å². The topological polar surface area (TPSA) is 15.3 Å². The molecule has 1 aliphatic heterocycles. The number of nitrogens with zero attached hydrogens (tertiary/aromatic N) is 1. The highest BCUT2D eigenvalue weighted by Crippen LogP contribution is 2.11. The minimum atomic E-state index is 0.855. The van der Waals surface area contributed by atoms with Crippen molar-refractivity contribution in [2.24, 2.45) is 5.92 Å². The van der Waals surface area contributed by atoms with Crippen molar-refractivity contribution in [3.8, 4) is 0 Å². The molecule has 0 saturated carbocycles. The van der Waals surface area contributed by atoms with E-state index < -0.39 is 0 Å². The maximum atomic E-state index is 3.78. The molecule has 1 N–H and O–H groups in total. The van der Waals surface area contributed by atoms with Gasteiger partial charge in [0.1, 0.15) is 0 Å². The highest BCUT2D eigenvalue weighted by atomic mass is 15.1. The van der Waals surface area contributed by atoms with Crippen LogP contribution in [0.2, 0.25) is 0 Å². The predicted molar refractivity (Wildman–Crippen MR) is 57.9 cm³/mol. The summed E-state index contributed by atoms with van der Waals surface area (Å²) in [4.78, 5) is 2.46. The van der Waals surface area contributed by atoms with Gasteiger partial charge in [-0.25, -0.2) is 0 Å². The Kier molecular flexibility index (Phi) is 5.09. The van der Waals surface area contributed by atoms with Crippen LogP contribution in [-0.2, 0) is 0 Å². The molecule has 1 rings (SSSR count). The summed E-state index contributed by atoms with van der Waals surface area (Å²) in [6.45, 7) is 11.8. The van der Waals surface area contributed by atoms with E-state index in [1.807, 2.05) is 6.08 Å². The Morgan fingerprint density at radius 3 is 3.00 bits per heavy atom. The van der Waals surface area contributed by atoms with Crippen LogP contribution in [0.25, 0.3) is 0 Å². The third kappa shape index (κ3) is 3.92. The van der Waals surface area contributed by atoms with E-state index in [4.69, 9.17) is 0 Å². The van der Waals surface area contributed by atoms with Crippen LogP contribution in [-0.4, -0.2) is 37.6 Å². The van der Waals surface area contributed by atoms with Crippen LogP contribution in [0.3, 0.4) is 0 Å².